The first-order valence-electron chi connectivity index (χ1n) is 4.83. The Morgan fingerprint density at radius 2 is 2.11 bits per heavy atom. The van der Waals surface area contributed by atoms with E-state index in [0.717, 1.165) is 6.26 Å². The van der Waals surface area contributed by atoms with E-state index in [0.29, 0.717) is 4.48 Å². The van der Waals surface area contributed by atoms with Crippen LogP contribution in [0.2, 0.25) is 5.02 Å². The number of rotatable bonds is 4. The number of hydrogen-bond acceptors (Lipinski definition) is 3. The van der Waals surface area contributed by atoms with Gasteiger partial charge in [0.15, 0.2) is 9.84 Å². The SMILES string of the molecule is C=C(Br)CNC(=O)c1ccc(Cl)c(S(C)(=O)=O)c1. The van der Waals surface area contributed by atoms with E-state index in [1.54, 1.807) is 0 Å². The number of halogens is 2. The van der Waals surface area contributed by atoms with Crippen LogP contribution in [0.5, 0.6) is 0 Å². The molecule has 1 aromatic rings. The maximum Gasteiger partial charge on any atom is 0.251 e. The van der Waals surface area contributed by atoms with Crippen molar-refractivity contribution in [2.24, 2.45) is 0 Å². The number of nitrogens with one attached hydrogen (secondary N) is 1. The smallest absolute Gasteiger partial charge is 0.251 e. The third-order valence-electron chi connectivity index (χ3n) is 2.03. The number of sulfone groups is 1. The van der Waals surface area contributed by atoms with Gasteiger partial charge >= 0.3 is 0 Å². The van der Waals surface area contributed by atoms with Gasteiger partial charge < -0.3 is 5.32 Å². The Hall–Kier alpha value is -0.850. The van der Waals surface area contributed by atoms with Gasteiger partial charge in [-0.15, -0.1) is 0 Å². The summed E-state index contributed by atoms with van der Waals surface area (Å²) in [5.74, 6) is -0.392. The zero-order valence-electron chi connectivity index (χ0n) is 9.54. The second kappa shape index (κ2) is 5.86. The van der Waals surface area contributed by atoms with Crippen molar-refractivity contribution in [3.05, 3.63) is 39.8 Å². The zero-order valence-corrected chi connectivity index (χ0v) is 12.7. The minimum atomic E-state index is -3.46. The summed E-state index contributed by atoms with van der Waals surface area (Å²) in [6.07, 6.45) is 1.04. The fourth-order valence-corrected chi connectivity index (χ4v) is 2.65. The molecule has 18 heavy (non-hydrogen) atoms. The molecule has 7 heteroatoms. The minimum Gasteiger partial charge on any atom is -0.347 e. The average molecular weight is 353 g/mol. The van der Waals surface area contributed by atoms with Gasteiger partial charge in [0.1, 0.15) is 0 Å². The summed E-state index contributed by atoms with van der Waals surface area (Å²) >= 11 is 8.89. The number of benzene rings is 1. The van der Waals surface area contributed by atoms with Crippen molar-refractivity contribution < 1.29 is 13.2 Å². The molecular weight excluding hydrogens is 342 g/mol. The summed E-state index contributed by atoms with van der Waals surface area (Å²) in [4.78, 5) is 11.7. The molecular formula is C11H11BrClNO3S. The van der Waals surface area contributed by atoms with Crippen molar-refractivity contribution in [1.82, 2.24) is 5.32 Å². The molecule has 0 aliphatic heterocycles. The van der Waals surface area contributed by atoms with Crippen LogP contribution in [0.15, 0.2) is 34.2 Å². The van der Waals surface area contributed by atoms with Gasteiger partial charge in [0.05, 0.1) is 9.92 Å². The predicted octanol–water partition coefficient (Wildman–Crippen LogP) is 2.38. The first-order valence-corrected chi connectivity index (χ1v) is 7.89. The van der Waals surface area contributed by atoms with Crippen LogP contribution in [0.3, 0.4) is 0 Å². The molecule has 0 fully saturated rings. The van der Waals surface area contributed by atoms with Gasteiger partial charge in [-0.2, -0.15) is 0 Å². The second-order valence-corrected chi connectivity index (χ2v) is 7.13. The lowest BCUT2D eigenvalue weighted by Gasteiger charge is -2.07. The highest BCUT2D eigenvalue weighted by Crippen LogP contribution is 2.22. The summed E-state index contributed by atoms with van der Waals surface area (Å²) < 4.78 is 23.5. The van der Waals surface area contributed by atoms with Crippen molar-refractivity contribution in [3.63, 3.8) is 0 Å². The molecule has 0 saturated heterocycles. The summed E-state index contributed by atoms with van der Waals surface area (Å²) in [6, 6.07) is 4.10. The number of carbonyl (C=O) groups excluding carboxylic acids is 1. The summed E-state index contributed by atoms with van der Waals surface area (Å²) in [5.41, 5.74) is 0.230. The Bertz CT molecular complexity index is 598. The van der Waals surface area contributed by atoms with E-state index in [-0.39, 0.29) is 22.0 Å². The third-order valence-corrected chi connectivity index (χ3v) is 3.89. The summed E-state index contributed by atoms with van der Waals surface area (Å²) in [5, 5.41) is 2.67. The maximum absolute atomic E-state index is 11.7. The van der Waals surface area contributed by atoms with Crippen LogP contribution < -0.4 is 5.32 Å². The highest BCUT2D eigenvalue weighted by atomic mass is 79.9. The molecule has 0 saturated carbocycles. The van der Waals surface area contributed by atoms with Gasteiger partial charge in [0.25, 0.3) is 5.91 Å². The van der Waals surface area contributed by atoms with E-state index >= 15 is 0 Å². The molecule has 0 bridgehead atoms. The number of carbonyl (C=O) groups is 1. The second-order valence-electron chi connectivity index (χ2n) is 3.62. The molecule has 0 radical (unpaired) electrons. The minimum absolute atomic E-state index is 0.0607. The fraction of sp³-hybridized carbons (Fsp3) is 0.182. The Kier molecular flexibility index (Phi) is 4.95. The van der Waals surface area contributed by atoms with Crippen molar-refractivity contribution in [1.29, 1.82) is 0 Å². The topological polar surface area (TPSA) is 63.2 Å². The van der Waals surface area contributed by atoms with Gasteiger partial charge in [0, 0.05) is 22.8 Å². The van der Waals surface area contributed by atoms with Gasteiger partial charge in [-0.1, -0.05) is 34.1 Å². The molecule has 1 N–H and O–H groups in total. The maximum atomic E-state index is 11.7. The molecule has 0 atom stereocenters. The first kappa shape index (κ1) is 15.2. The zero-order chi connectivity index (χ0) is 13.9. The van der Waals surface area contributed by atoms with Gasteiger partial charge in [-0.3, -0.25) is 4.79 Å². The third kappa shape index (κ3) is 4.12. The highest BCUT2D eigenvalue weighted by molar-refractivity contribution is 9.11. The Morgan fingerprint density at radius 3 is 2.61 bits per heavy atom. The highest BCUT2D eigenvalue weighted by Gasteiger charge is 2.15. The molecule has 1 aromatic carbocycles. The molecule has 0 aliphatic rings. The number of amides is 1. The predicted molar refractivity (Wildman–Crippen MR) is 75.0 cm³/mol. The molecule has 0 heterocycles. The van der Waals surface area contributed by atoms with Gasteiger partial charge in [-0.25, -0.2) is 8.42 Å². The van der Waals surface area contributed by atoms with E-state index in [4.69, 9.17) is 11.6 Å². The standard InChI is InChI=1S/C11H11BrClNO3S/c1-7(12)6-14-11(15)8-3-4-9(13)10(5-8)18(2,16)17/h3-5H,1,6H2,2H3,(H,14,15). The van der Waals surface area contributed by atoms with Crippen LogP contribution >= 0.6 is 27.5 Å². The van der Waals surface area contributed by atoms with E-state index < -0.39 is 15.7 Å². The lowest BCUT2D eigenvalue weighted by atomic mass is 10.2. The Labute approximate surface area is 119 Å². The van der Waals surface area contributed by atoms with Crippen LogP contribution in [0.25, 0.3) is 0 Å². The van der Waals surface area contributed by atoms with Crippen LogP contribution in [0.4, 0.5) is 0 Å². The van der Waals surface area contributed by atoms with E-state index in [1.807, 2.05) is 0 Å². The Morgan fingerprint density at radius 1 is 1.50 bits per heavy atom. The normalized spacial score (nSPS) is 11.1. The summed E-state index contributed by atoms with van der Waals surface area (Å²) in [7, 11) is -3.46. The van der Waals surface area contributed by atoms with Crippen LogP contribution in [0, 0.1) is 0 Å². The van der Waals surface area contributed by atoms with E-state index in [2.05, 4.69) is 27.8 Å². The quantitative estimate of drug-likeness (QED) is 0.905. The number of hydrogen-bond donors (Lipinski definition) is 1. The monoisotopic (exact) mass is 351 g/mol. The van der Waals surface area contributed by atoms with Crippen LogP contribution in [-0.4, -0.2) is 27.1 Å². The molecule has 0 unspecified atom stereocenters. The van der Waals surface area contributed by atoms with Crippen molar-refractivity contribution >= 4 is 43.3 Å². The molecule has 1 amide bonds. The average Bonchev–Trinajstić information content (AvgIpc) is 2.24. The molecule has 0 aliphatic carbocycles. The van der Waals surface area contributed by atoms with Crippen LogP contribution in [-0.2, 0) is 9.84 Å². The Balaban J connectivity index is 3.06. The molecule has 0 aromatic heterocycles. The van der Waals surface area contributed by atoms with Crippen molar-refractivity contribution in [3.8, 4) is 0 Å². The van der Waals surface area contributed by atoms with Crippen molar-refractivity contribution in [2.45, 2.75) is 4.90 Å². The lowest BCUT2D eigenvalue weighted by molar-refractivity contribution is 0.0957. The molecule has 98 valence electrons. The van der Waals surface area contributed by atoms with Crippen LogP contribution in [0.1, 0.15) is 10.4 Å². The van der Waals surface area contributed by atoms with Crippen molar-refractivity contribution in [2.75, 3.05) is 12.8 Å². The van der Waals surface area contributed by atoms with Gasteiger partial charge in [-0.05, 0) is 18.2 Å². The van der Waals surface area contributed by atoms with E-state index in [1.165, 1.54) is 18.2 Å². The van der Waals surface area contributed by atoms with E-state index in [9.17, 15) is 13.2 Å². The van der Waals surface area contributed by atoms with Gasteiger partial charge in [0.2, 0.25) is 0 Å². The fourth-order valence-electron chi connectivity index (χ4n) is 1.21. The summed E-state index contributed by atoms with van der Waals surface area (Å²) in [6.45, 7) is 3.84. The largest absolute Gasteiger partial charge is 0.347 e. The lowest BCUT2D eigenvalue weighted by Crippen LogP contribution is -2.24. The molecule has 0 spiro atoms. The molecule has 1 rings (SSSR count). The molecule has 4 nitrogen and oxygen atoms in total. The first-order chi connectivity index (χ1) is 8.21.